The summed E-state index contributed by atoms with van der Waals surface area (Å²) in [6.45, 7) is 3.99. The van der Waals surface area contributed by atoms with Gasteiger partial charge in [0.15, 0.2) is 0 Å². The van der Waals surface area contributed by atoms with E-state index in [9.17, 15) is 9.59 Å². The molecule has 0 saturated heterocycles. The highest BCUT2D eigenvalue weighted by Crippen LogP contribution is 2.17. The van der Waals surface area contributed by atoms with Gasteiger partial charge in [0.2, 0.25) is 5.91 Å². The number of amides is 1. The number of carbonyl (C=O) groups excluding carboxylic acids is 1. The second kappa shape index (κ2) is 6.47. The summed E-state index contributed by atoms with van der Waals surface area (Å²) in [6.07, 6.45) is 0. The average Bonchev–Trinajstić information content (AvgIpc) is 2.79. The van der Waals surface area contributed by atoms with Crippen LogP contribution in [-0.2, 0) is 10.5 Å². The molecule has 0 aliphatic carbocycles. The van der Waals surface area contributed by atoms with Gasteiger partial charge in [-0.1, -0.05) is 17.7 Å². The van der Waals surface area contributed by atoms with Crippen LogP contribution in [0.15, 0.2) is 29.1 Å². The number of thioether (sulfide) groups is 1. The lowest BCUT2D eigenvalue weighted by Gasteiger charge is -2.08. The molecule has 1 heterocycles. The summed E-state index contributed by atoms with van der Waals surface area (Å²) in [5.41, 5.74) is 3.71. The molecule has 20 heavy (non-hydrogen) atoms. The lowest BCUT2D eigenvalue weighted by atomic mass is 10.1. The number of aromatic nitrogens is 2. The molecular weight excluding hydrogens is 274 g/mol. The van der Waals surface area contributed by atoms with E-state index >= 15 is 0 Å². The number of H-pyrrole nitrogens is 2. The molecule has 5 nitrogen and oxygen atoms in total. The minimum absolute atomic E-state index is 0.0418. The maximum Gasteiger partial charge on any atom is 0.264 e. The van der Waals surface area contributed by atoms with Crippen LogP contribution >= 0.6 is 11.8 Å². The van der Waals surface area contributed by atoms with Gasteiger partial charge in [-0.15, -0.1) is 11.8 Å². The highest BCUT2D eigenvalue weighted by atomic mass is 32.2. The first-order chi connectivity index (χ1) is 9.54. The smallest absolute Gasteiger partial charge is 0.264 e. The fourth-order valence-electron chi connectivity index (χ4n) is 1.84. The van der Waals surface area contributed by atoms with Crippen molar-refractivity contribution in [3.63, 3.8) is 0 Å². The van der Waals surface area contributed by atoms with Gasteiger partial charge in [0.25, 0.3) is 5.56 Å². The third-order valence-electron chi connectivity index (χ3n) is 2.80. The normalized spacial score (nSPS) is 10.5. The first-order valence-electron chi connectivity index (χ1n) is 6.26. The number of benzene rings is 1. The zero-order valence-electron chi connectivity index (χ0n) is 11.4. The molecule has 0 spiro atoms. The van der Waals surface area contributed by atoms with E-state index in [0.29, 0.717) is 11.5 Å². The number of anilines is 1. The molecule has 0 aliphatic heterocycles. The number of hydrogen-bond acceptors (Lipinski definition) is 3. The summed E-state index contributed by atoms with van der Waals surface area (Å²) in [4.78, 5) is 22.8. The van der Waals surface area contributed by atoms with E-state index in [2.05, 4.69) is 15.5 Å². The van der Waals surface area contributed by atoms with Gasteiger partial charge in [-0.05, 0) is 25.5 Å². The van der Waals surface area contributed by atoms with Crippen molar-refractivity contribution in [1.29, 1.82) is 0 Å². The zero-order valence-corrected chi connectivity index (χ0v) is 12.3. The van der Waals surface area contributed by atoms with Gasteiger partial charge in [-0.25, -0.2) is 0 Å². The molecule has 0 saturated carbocycles. The van der Waals surface area contributed by atoms with Crippen molar-refractivity contribution in [3.8, 4) is 0 Å². The minimum atomic E-state index is -0.152. The highest BCUT2D eigenvalue weighted by Gasteiger charge is 2.06. The Balaban J connectivity index is 1.82. The van der Waals surface area contributed by atoms with Crippen LogP contribution in [0.5, 0.6) is 0 Å². The number of rotatable bonds is 5. The van der Waals surface area contributed by atoms with Crippen LogP contribution in [0.1, 0.15) is 16.8 Å². The van der Waals surface area contributed by atoms with Gasteiger partial charge in [0.05, 0.1) is 5.75 Å². The lowest BCUT2D eigenvalue weighted by molar-refractivity contribution is -0.113. The summed E-state index contributed by atoms with van der Waals surface area (Å²) in [7, 11) is 0. The van der Waals surface area contributed by atoms with Crippen molar-refractivity contribution in [2.45, 2.75) is 19.6 Å². The molecule has 1 aromatic carbocycles. The molecule has 0 unspecified atom stereocenters. The second-order valence-electron chi connectivity index (χ2n) is 4.64. The predicted octanol–water partition coefficient (Wildman–Crippen LogP) is 2.19. The Hall–Kier alpha value is -1.95. The van der Waals surface area contributed by atoms with E-state index in [0.717, 1.165) is 16.9 Å². The van der Waals surface area contributed by atoms with Gasteiger partial charge >= 0.3 is 0 Å². The largest absolute Gasteiger partial charge is 0.325 e. The van der Waals surface area contributed by atoms with Crippen molar-refractivity contribution in [3.05, 3.63) is 51.4 Å². The molecule has 0 radical (unpaired) electrons. The van der Waals surface area contributed by atoms with Gasteiger partial charge < -0.3 is 10.4 Å². The van der Waals surface area contributed by atoms with Crippen LogP contribution in [0.4, 0.5) is 5.69 Å². The van der Waals surface area contributed by atoms with E-state index in [4.69, 9.17) is 0 Å². The fourth-order valence-corrected chi connectivity index (χ4v) is 2.58. The zero-order chi connectivity index (χ0) is 14.5. The predicted molar refractivity (Wildman–Crippen MR) is 82.1 cm³/mol. The highest BCUT2D eigenvalue weighted by molar-refractivity contribution is 7.99. The van der Waals surface area contributed by atoms with E-state index in [1.807, 2.05) is 32.0 Å². The molecule has 6 heteroatoms. The SMILES string of the molecule is Cc1ccc(NC(=O)CSCc2cc(=O)[nH][nH]2)c(C)c1. The molecule has 2 aromatic rings. The van der Waals surface area contributed by atoms with Gasteiger partial charge in [0, 0.05) is 23.2 Å². The van der Waals surface area contributed by atoms with E-state index < -0.39 is 0 Å². The fraction of sp³-hybridized carbons (Fsp3) is 0.286. The Kier molecular flexibility index (Phi) is 4.68. The minimum Gasteiger partial charge on any atom is -0.325 e. The van der Waals surface area contributed by atoms with Crippen LogP contribution < -0.4 is 10.9 Å². The van der Waals surface area contributed by atoms with Crippen molar-refractivity contribution >= 4 is 23.4 Å². The molecule has 1 amide bonds. The Morgan fingerprint density at radius 2 is 2.05 bits per heavy atom. The molecule has 0 bridgehead atoms. The van der Waals surface area contributed by atoms with Crippen LogP contribution in [0, 0.1) is 13.8 Å². The van der Waals surface area contributed by atoms with Crippen LogP contribution in [-0.4, -0.2) is 21.9 Å². The summed E-state index contributed by atoms with van der Waals surface area (Å²) >= 11 is 1.45. The van der Waals surface area contributed by atoms with E-state index in [1.54, 1.807) is 0 Å². The Morgan fingerprint density at radius 3 is 2.70 bits per heavy atom. The van der Waals surface area contributed by atoms with Crippen molar-refractivity contribution in [1.82, 2.24) is 10.2 Å². The molecule has 0 atom stereocenters. The summed E-state index contributed by atoms with van der Waals surface area (Å²) in [6, 6.07) is 7.42. The molecule has 3 N–H and O–H groups in total. The van der Waals surface area contributed by atoms with Crippen molar-refractivity contribution in [2.24, 2.45) is 0 Å². The van der Waals surface area contributed by atoms with Gasteiger partial charge in [0.1, 0.15) is 0 Å². The molecule has 1 aromatic heterocycles. The van der Waals surface area contributed by atoms with E-state index in [-0.39, 0.29) is 11.5 Å². The molecule has 106 valence electrons. The first kappa shape index (κ1) is 14.5. The van der Waals surface area contributed by atoms with Crippen molar-refractivity contribution < 1.29 is 4.79 Å². The summed E-state index contributed by atoms with van der Waals surface area (Å²) in [5, 5.41) is 8.11. The number of aryl methyl sites for hydroxylation is 2. The quantitative estimate of drug-likeness (QED) is 0.790. The number of nitrogens with one attached hydrogen (secondary N) is 3. The third kappa shape index (κ3) is 4.03. The Bertz CT molecular complexity index is 660. The van der Waals surface area contributed by atoms with Gasteiger partial charge in [-0.2, -0.15) is 0 Å². The topological polar surface area (TPSA) is 77.8 Å². The maximum absolute atomic E-state index is 11.8. The first-order valence-corrected chi connectivity index (χ1v) is 7.41. The van der Waals surface area contributed by atoms with E-state index in [1.165, 1.54) is 23.4 Å². The average molecular weight is 291 g/mol. The third-order valence-corrected chi connectivity index (χ3v) is 3.78. The lowest BCUT2D eigenvalue weighted by Crippen LogP contribution is -2.15. The summed E-state index contributed by atoms with van der Waals surface area (Å²) in [5.74, 6) is 0.902. The molecule has 0 aliphatic rings. The monoisotopic (exact) mass is 291 g/mol. The molecule has 2 rings (SSSR count). The maximum atomic E-state index is 11.8. The number of aromatic amines is 2. The molecular formula is C14H17N3O2S. The van der Waals surface area contributed by atoms with Crippen LogP contribution in [0.25, 0.3) is 0 Å². The molecule has 0 fully saturated rings. The van der Waals surface area contributed by atoms with Crippen molar-refractivity contribution in [2.75, 3.05) is 11.1 Å². The Morgan fingerprint density at radius 1 is 1.25 bits per heavy atom. The van der Waals surface area contributed by atoms with Crippen LogP contribution in [0.2, 0.25) is 0 Å². The summed E-state index contributed by atoms with van der Waals surface area (Å²) < 4.78 is 0. The number of carbonyl (C=O) groups is 1. The Labute approximate surface area is 121 Å². The standard InChI is InChI=1S/C14H17N3O2S/c1-9-3-4-12(10(2)5-9)15-14(19)8-20-7-11-6-13(18)17-16-11/h3-6H,7-8H2,1-2H3,(H,15,19)(H2,16,17,18). The second-order valence-corrected chi connectivity index (χ2v) is 5.63. The number of hydrogen-bond donors (Lipinski definition) is 3. The van der Waals surface area contributed by atoms with Crippen LogP contribution in [0.3, 0.4) is 0 Å². The van der Waals surface area contributed by atoms with Gasteiger partial charge in [-0.3, -0.25) is 14.7 Å².